The maximum absolute atomic E-state index is 11.5. The lowest BCUT2D eigenvalue weighted by Gasteiger charge is -2.16. The maximum atomic E-state index is 11.5. The summed E-state index contributed by atoms with van der Waals surface area (Å²) in [7, 11) is 0. The van der Waals surface area contributed by atoms with E-state index in [2.05, 4.69) is 16.3 Å². The monoisotopic (exact) mass is 338 g/mol. The van der Waals surface area contributed by atoms with E-state index in [0.29, 0.717) is 12.4 Å². The first kappa shape index (κ1) is 17.5. The van der Waals surface area contributed by atoms with Gasteiger partial charge in [0, 0.05) is 13.5 Å². The van der Waals surface area contributed by atoms with Gasteiger partial charge in [0.25, 0.3) is 0 Å². The third-order valence-electron chi connectivity index (χ3n) is 4.51. The summed E-state index contributed by atoms with van der Waals surface area (Å²) in [5.41, 5.74) is 3.08. The van der Waals surface area contributed by atoms with E-state index in [9.17, 15) is 4.79 Å². The molecule has 0 radical (unpaired) electrons. The zero-order valence-corrected chi connectivity index (χ0v) is 14.8. The molecule has 0 atom stereocenters. The summed E-state index contributed by atoms with van der Waals surface area (Å²) in [6.45, 7) is 5.50. The molecule has 132 valence electrons. The van der Waals surface area contributed by atoms with Gasteiger partial charge in [0.05, 0.1) is 5.69 Å². The van der Waals surface area contributed by atoms with Gasteiger partial charge in [-0.05, 0) is 55.6 Å². The molecule has 25 heavy (non-hydrogen) atoms. The molecule has 4 nitrogen and oxygen atoms in total. The molecule has 0 spiro atoms. The first-order valence-corrected chi connectivity index (χ1v) is 9.00. The molecule has 1 amide bonds. The second kappa shape index (κ2) is 8.67. The number of carbonyl (C=O) groups is 1. The Hall–Kier alpha value is -2.33. The molecule has 0 aromatic heterocycles. The molecule has 2 aromatic carbocycles. The SMILES string of the molecule is CC(=O)Nc1cc(CCN2CCCC2)ccc1OCc1ccccc1. The number of carbonyl (C=O) groups excluding carboxylic acids is 1. The van der Waals surface area contributed by atoms with Crippen molar-refractivity contribution in [2.75, 3.05) is 25.0 Å². The van der Waals surface area contributed by atoms with Gasteiger partial charge in [0.15, 0.2) is 0 Å². The molecule has 1 heterocycles. The van der Waals surface area contributed by atoms with E-state index < -0.39 is 0 Å². The number of likely N-dealkylation sites (tertiary alicyclic amines) is 1. The quantitative estimate of drug-likeness (QED) is 0.833. The lowest BCUT2D eigenvalue weighted by molar-refractivity contribution is -0.114. The molecule has 3 rings (SSSR count). The number of anilines is 1. The summed E-state index contributed by atoms with van der Waals surface area (Å²) in [5.74, 6) is 0.630. The van der Waals surface area contributed by atoms with Crippen molar-refractivity contribution in [1.82, 2.24) is 4.90 Å². The van der Waals surface area contributed by atoms with Crippen LogP contribution in [0.2, 0.25) is 0 Å². The largest absolute Gasteiger partial charge is 0.487 e. The topological polar surface area (TPSA) is 41.6 Å². The zero-order chi connectivity index (χ0) is 17.5. The van der Waals surface area contributed by atoms with Crippen LogP contribution < -0.4 is 10.1 Å². The van der Waals surface area contributed by atoms with Gasteiger partial charge < -0.3 is 15.0 Å². The molecule has 1 saturated heterocycles. The van der Waals surface area contributed by atoms with Crippen molar-refractivity contribution in [3.05, 3.63) is 59.7 Å². The van der Waals surface area contributed by atoms with Crippen LogP contribution in [0.5, 0.6) is 5.75 Å². The molecular formula is C21H26N2O2. The fourth-order valence-electron chi connectivity index (χ4n) is 3.17. The second-order valence-electron chi connectivity index (χ2n) is 6.58. The van der Waals surface area contributed by atoms with Crippen LogP contribution >= 0.6 is 0 Å². The number of ether oxygens (including phenoxy) is 1. The van der Waals surface area contributed by atoms with E-state index >= 15 is 0 Å². The fourth-order valence-corrected chi connectivity index (χ4v) is 3.17. The van der Waals surface area contributed by atoms with E-state index in [1.54, 1.807) is 0 Å². The average molecular weight is 338 g/mol. The smallest absolute Gasteiger partial charge is 0.221 e. The molecule has 0 unspecified atom stereocenters. The van der Waals surface area contributed by atoms with Crippen LogP contribution in [0.4, 0.5) is 5.69 Å². The van der Waals surface area contributed by atoms with Crippen molar-refractivity contribution in [2.45, 2.75) is 32.8 Å². The van der Waals surface area contributed by atoms with Crippen LogP contribution in [-0.4, -0.2) is 30.4 Å². The van der Waals surface area contributed by atoms with Crippen LogP contribution in [0.15, 0.2) is 48.5 Å². The van der Waals surface area contributed by atoms with Gasteiger partial charge in [-0.1, -0.05) is 36.4 Å². The molecule has 1 aliphatic heterocycles. The Balaban J connectivity index is 1.66. The molecule has 4 heteroatoms. The molecule has 2 aromatic rings. The summed E-state index contributed by atoms with van der Waals surface area (Å²) in [4.78, 5) is 14.0. The summed E-state index contributed by atoms with van der Waals surface area (Å²) >= 11 is 0. The van der Waals surface area contributed by atoms with Crippen molar-refractivity contribution in [1.29, 1.82) is 0 Å². The third-order valence-corrected chi connectivity index (χ3v) is 4.51. The first-order valence-electron chi connectivity index (χ1n) is 9.00. The highest BCUT2D eigenvalue weighted by Gasteiger charge is 2.12. The van der Waals surface area contributed by atoms with Crippen LogP contribution in [-0.2, 0) is 17.8 Å². The lowest BCUT2D eigenvalue weighted by atomic mass is 10.1. The van der Waals surface area contributed by atoms with Crippen LogP contribution in [0.1, 0.15) is 30.9 Å². The van der Waals surface area contributed by atoms with Crippen molar-refractivity contribution >= 4 is 11.6 Å². The molecule has 1 N–H and O–H groups in total. The van der Waals surface area contributed by atoms with E-state index in [-0.39, 0.29) is 5.91 Å². The van der Waals surface area contributed by atoms with E-state index in [0.717, 1.165) is 24.2 Å². The van der Waals surface area contributed by atoms with Gasteiger partial charge in [-0.3, -0.25) is 4.79 Å². The number of hydrogen-bond acceptors (Lipinski definition) is 3. The number of rotatable bonds is 7. The van der Waals surface area contributed by atoms with Crippen molar-refractivity contribution in [3.63, 3.8) is 0 Å². The molecular weight excluding hydrogens is 312 g/mol. The molecule has 0 saturated carbocycles. The van der Waals surface area contributed by atoms with Gasteiger partial charge in [0.1, 0.15) is 12.4 Å². The fraction of sp³-hybridized carbons (Fsp3) is 0.381. The first-order chi connectivity index (χ1) is 12.2. The van der Waals surface area contributed by atoms with Gasteiger partial charge >= 0.3 is 0 Å². The van der Waals surface area contributed by atoms with E-state index in [4.69, 9.17) is 4.74 Å². The number of nitrogens with one attached hydrogen (secondary N) is 1. The Kier molecular flexibility index (Phi) is 6.07. The Bertz CT molecular complexity index is 694. The molecule has 1 fully saturated rings. The Morgan fingerprint density at radius 3 is 2.56 bits per heavy atom. The van der Waals surface area contributed by atoms with Crippen LogP contribution in [0, 0.1) is 0 Å². The van der Waals surface area contributed by atoms with E-state index in [1.807, 2.05) is 42.5 Å². The molecule has 1 aliphatic rings. The van der Waals surface area contributed by atoms with Gasteiger partial charge in [-0.2, -0.15) is 0 Å². The minimum Gasteiger partial charge on any atom is -0.487 e. The summed E-state index contributed by atoms with van der Waals surface area (Å²) < 4.78 is 5.93. The second-order valence-corrected chi connectivity index (χ2v) is 6.58. The Labute approximate surface area is 149 Å². The number of benzene rings is 2. The van der Waals surface area contributed by atoms with Gasteiger partial charge in [-0.25, -0.2) is 0 Å². The van der Waals surface area contributed by atoms with E-state index in [1.165, 1.54) is 38.4 Å². The summed E-state index contributed by atoms with van der Waals surface area (Å²) in [5, 5.41) is 2.90. The maximum Gasteiger partial charge on any atom is 0.221 e. The lowest BCUT2D eigenvalue weighted by Crippen LogP contribution is -2.22. The van der Waals surface area contributed by atoms with Crippen molar-refractivity contribution in [3.8, 4) is 5.75 Å². The Morgan fingerprint density at radius 2 is 1.84 bits per heavy atom. The van der Waals surface area contributed by atoms with Gasteiger partial charge in [0.2, 0.25) is 5.91 Å². The highest BCUT2D eigenvalue weighted by molar-refractivity contribution is 5.90. The highest BCUT2D eigenvalue weighted by atomic mass is 16.5. The minimum atomic E-state index is -0.0822. The average Bonchev–Trinajstić information content (AvgIpc) is 3.13. The zero-order valence-electron chi connectivity index (χ0n) is 14.8. The molecule has 0 bridgehead atoms. The van der Waals surface area contributed by atoms with Crippen LogP contribution in [0.25, 0.3) is 0 Å². The Morgan fingerprint density at radius 1 is 1.08 bits per heavy atom. The predicted molar refractivity (Wildman–Crippen MR) is 101 cm³/mol. The third kappa shape index (κ3) is 5.33. The molecule has 0 aliphatic carbocycles. The highest BCUT2D eigenvalue weighted by Crippen LogP contribution is 2.27. The van der Waals surface area contributed by atoms with Gasteiger partial charge in [-0.15, -0.1) is 0 Å². The predicted octanol–water partition coefficient (Wildman–Crippen LogP) is 3.86. The minimum absolute atomic E-state index is 0.0822. The summed E-state index contributed by atoms with van der Waals surface area (Å²) in [6, 6.07) is 16.1. The number of amides is 1. The summed E-state index contributed by atoms with van der Waals surface area (Å²) in [6.07, 6.45) is 3.61. The van der Waals surface area contributed by atoms with Crippen molar-refractivity contribution < 1.29 is 9.53 Å². The standard InChI is InChI=1S/C21H26N2O2/c1-17(24)22-20-15-18(11-14-23-12-5-6-13-23)9-10-21(20)25-16-19-7-3-2-4-8-19/h2-4,7-10,15H,5-6,11-14,16H2,1H3,(H,22,24). The normalized spacial score (nSPS) is 14.4. The number of hydrogen-bond donors (Lipinski definition) is 1. The van der Waals surface area contributed by atoms with Crippen LogP contribution in [0.3, 0.4) is 0 Å². The number of nitrogens with zero attached hydrogens (tertiary/aromatic N) is 1. The van der Waals surface area contributed by atoms with Crippen molar-refractivity contribution in [2.24, 2.45) is 0 Å².